The van der Waals surface area contributed by atoms with Gasteiger partial charge in [0.1, 0.15) is 0 Å². The summed E-state index contributed by atoms with van der Waals surface area (Å²) in [5.74, 6) is 0.0723. The highest BCUT2D eigenvalue weighted by atomic mass is 16.2. The molecule has 1 unspecified atom stereocenters. The lowest BCUT2D eigenvalue weighted by molar-refractivity contribution is -0.133. The minimum absolute atomic E-state index is 0.0723. The lowest BCUT2D eigenvalue weighted by atomic mass is 10.2. The second-order valence-electron chi connectivity index (χ2n) is 3.42. The molecular formula is C10H23N3O. The number of amides is 1. The van der Waals surface area contributed by atoms with Crippen LogP contribution in [0.1, 0.15) is 20.8 Å². The summed E-state index contributed by atoms with van der Waals surface area (Å²) >= 11 is 0. The van der Waals surface area contributed by atoms with Crippen molar-refractivity contribution in [3.8, 4) is 0 Å². The Balaban J connectivity index is 0.000000791. The van der Waals surface area contributed by atoms with Gasteiger partial charge >= 0.3 is 0 Å². The Bertz CT molecular complexity index is 163. The number of likely N-dealkylation sites (N-methyl/N-ethyl adjacent to an activating group) is 1. The van der Waals surface area contributed by atoms with E-state index >= 15 is 0 Å². The molecule has 2 N–H and O–H groups in total. The Morgan fingerprint density at radius 3 is 2.00 bits per heavy atom. The van der Waals surface area contributed by atoms with E-state index in [2.05, 4.69) is 11.9 Å². The van der Waals surface area contributed by atoms with Gasteiger partial charge in [-0.3, -0.25) is 4.79 Å². The lowest BCUT2D eigenvalue weighted by Crippen LogP contribution is -2.51. The Hall–Kier alpha value is -0.610. The van der Waals surface area contributed by atoms with Gasteiger partial charge in [0.05, 0.1) is 6.04 Å². The van der Waals surface area contributed by atoms with Crippen LogP contribution >= 0.6 is 0 Å². The van der Waals surface area contributed by atoms with E-state index in [-0.39, 0.29) is 11.9 Å². The van der Waals surface area contributed by atoms with E-state index in [0.29, 0.717) is 0 Å². The Morgan fingerprint density at radius 1 is 1.21 bits per heavy atom. The van der Waals surface area contributed by atoms with Crippen molar-refractivity contribution in [2.45, 2.75) is 26.8 Å². The van der Waals surface area contributed by atoms with Crippen LogP contribution in [-0.2, 0) is 4.79 Å². The van der Waals surface area contributed by atoms with Gasteiger partial charge in [-0.1, -0.05) is 13.8 Å². The summed E-state index contributed by atoms with van der Waals surface area (Å²) in [6, 6.07) is -0.353. The van der Waals surface area contributed by atoms with E-state index in [9.17, 15) is 4.79 Å². The van der Waals surface area contributed by atoms with Gasteiger partial charge < -0.3 is 15.5 Å². The first-order valence-electron chi connectivity index (χ1n) is 5.34. The van der Waals surface area contributed by atoms with Gasteiger partial charge in [0.15, 0.2) is 0 Å². The summed E-state index contributed by atoms with van der Waals surface area (Å²) in [5, 5.41) is 0. The number of carbonyl (C=O) groups excluding carboxylic acids is 1. The molecule has 1 fully saturated rings. The van der Waals surface area contributed by atoms with Crippen LogP contribution in [0.15, 0.2) is 0 Å². The van der Waals surface area contributed by atoms with Gasteiger partial charge in [0.2, 0.25) is 5.91 Å². The molecule has 1 heterocycles. The van der Waals surface area contributed by atoms with Crippen LogP contribution in [0.5, 0.6) is 0 Å². The molecule has 0 spiro atoms. The van der Waals surface area contributed by atoms with E-state index in [1.54, 1.807) is 6.92 Å². The summed E-state index contributed by atoms with van der Waals surface area (Å²) in [4.78, 5) is 15.4. The molecule has 0 aromatic heterocycles. The van der Waals surface area contributed by atoms with Crippen molar-refractivity contribution < 1.29 is 4.79 Å². The molecule has 1 aliphatic heterocycles. The molecule has 0 radical (unpaired) electrons. The van der Waals surface area contributed by atoms with Gasteiger partial charge in [0, 0.05) is 26.2 Å². The van der Waals surface area contributed by atoms with Gasteiger partial charge in [-0.05, 0) is 14.0 Å². The minimum atomic E-state index is -0.353. The van der Waals surface area contributed by atoms with Crippen LogP contribution in [0, 0.1) is 0 Å². The average Bonchev–Trinajstić information content (AvgIpc) is 2.21. The average molecular weight is 201 g/mol. The number of hydrogen-bond donors (Lipinski definition) is 1. The molecule has 1 rings (SSSR count). The van der Waals surface area contributed by atoms with Gasteiger partial charge in [0.25, 0.3) is 0 Å². The predicted molar refractivity (Wildman–Crippen MR) is 59.1 cm³/mol. The van der Waals surface area contributed by atoms with Gasteiger partial charge in [-0.2, -0.15) is 0 Å². The zero-order chi connectivity index (χ0) is 11.1. The smallest absolute Gasteiger partial charge is 0.239 e. The molecule has 0 saturated carbocycles. The van der Waals surface area contributed by atoms with Crippen LogP contribution in [0.25, 0.3) is 0 Å². The number of rotatable bonds is 1. The number of nitrogens with two attached hydrogens (primary N) is 1. The molecule has 0 aromatic carbocycles. The quantitative estimate of drug-likeness (QED) is 0.656. The third kappa shape index (κ3) is 4.07. The fourth-order valence-corrected chi connectivity index (χ4v) is 1.31. The molecule has 84 valence electrons. The summed E-state index contributed by atoms with van der Waals surface area (Å²) < 4.78 is 0. The van der Waals surface area contributed by atoms with Crippen molar-refractivity contribution in [3.05, 3.63) is 0 Å². The first-order chi connectivity index (χ1) is 6.61. The zero-order valence-electron chi connectivity index (χ0n) is 9.79. The maximum absolute atomic E-state index is 11.4. The molecule has 1 atom stereocenters. The summed E-state index contributed by atoms with van der Waals surface area (Å²) in [6.45, 7) is 9.28. The van der Waals surface area contributed by atoms with Crippen LogP contribution < -0.4 is 5.73 Å². The van der Waals surface area contributed by atoms with Crippen molar-refractivity contribution in [2.75, 3.05) is 33.2 Å². The molecular weight excluding hydrogens is 178 g/mol. The monoisotopic (exact) mass is 201 g/mol. The zero-order valence-corrected chi connectivity index (χ0v) is 9.79. The first kappa shape index (κ1) is 13.4. The van der Waals surface area contributed by atoms with E-state index in [1.165, 1.54) is 0 Å². The number of carbonyl (C=O) groups is 1. The molecule has 1 aliphatic rings. The standard InChI is InChI=1S/C8H17N3O.C2H6/c1-7(9)8(12)11-5-3-10(2)4-6-11;1-2/h7H,3-6,9H2,1-2H3;1-2H3. The molecule has 0 aliphatic carbocycles. The van der Waals surface area contributed by atoms with Crippen molar-refractivity contribution in [3.63, 3.8) is 0 Å². The molecule has 14 heavy (non-hydrogen) atoms. The molecule has 4 nitrogen and oxygen atoms in total. The minimum Gasteiger partial charge on any atom is -0.339 e. The number of nitrogens with zero attached hydrogens (tertiary/aromatic N) is 2. The van der Waals surface area contributed by atoms with Crippen LogP contribution in [0.4, 0.5) is 0 Å². The van der Waals surface area contributed by atoms with E-state index in [1.807, 2.05) is 18.7 Å². The number of piperazine rings is 1. The fraction of sp³-hybridized carbons (Fsp3) is 0.900. The van der Waals surface area contributed by atoms with Crippen molar-refractivity contribution >= 4 is 5.91 Å². The normalized spacial score (nSPS) is 19.6. The van der Waals surface area contributed by atoms with Crippen LogP contribution in [0.3, 0.4) is 0 Å². The Labute approximate surface area is 87.0 Å². The van der Waals surface area contributed by atoms with Crippen LogP contribution in [-0.4, -0.2) is 55.0 Å². The Morgan fingerprint density at radius 2 is 1.64 bits per heavy atom. The number of hydrogen-bond acceptors (Lipinski definition) is 3. The second kappa shape index (κ2) is 6.79. The SMILES string of the molecule is CC.CC(N)C(=O)N1CCN(C)CC1. The van der Waals surface area contributed by atoms with Gasteiger partial charge in [-0.25, -0.2) is 0 Å². The summed E-state index contributed by atoms with van der Waals surface area (Å²) in [5.41, 5.74) is 5.50. The van der Waals surface area contributed by atoms with Crippen LogP contribution in [0.2, 0.25) is 0 Å². The molecule has 0 aromatic rings. The third-order valence-corrected chi connectivity index (χ3v) is 2.20. The highest BCUT2D eigenvalue weighted by Gasteiger charge is 2.20. The first-order valence-corrected chi connectivity index (χ1v) is 5.34. The maximum atomic E-state index is 11.4. The predicted octanol–water partition coefficient (Wildman–Crippen LogP) is 0.134. The fourth-order valence-electron chi connectivity index (χ4n) is 1.31. The topological polar surface area (TPSA) is 49.6 Å². The highest BCUT2D eigenvalue weighted by molar-refractivity contribution is 5.81. The Kier molecular flexibility index (Phi) is 6.49. The summed E-state index contributed by atoms with van der Waals surface area (Å²) in [7, 11) is 2.06. The third-order valence-electron chi connectivity index (χ3n) is 2.20. The molecule has 4 heteroatoms. The van der Waals surface area contributed by atoms with Crippen molar-refractivity contribution in [1.82, 2.24) is 9.80 Å². The van der Waals surface area contributed by atoms with Crippen molar-refractivity contribution in [1.29, 1.82) is 0 Å². The van der Waals surface area contributed by atoms with Gasteiger partial charge in [-0.15, -0.1) is 0 Å². The molecule has 1 saturated heterocycles. The lowest BCUT2D eigenvalue weighted by Gasteiger charge is -2.33. The second-order valence-corrected chi connectivity index (χ2v) is 3.42. The molecule has 1 amide bonds. The maximum Gasteiger partial charge on any atom is 0.239 e. The van der Waals surface area contributed by atoms with E-state index < -0.39 is 0 Å². The molecule has 0 bridgehead atoms. The summed E-state index contributed by atoms with van der Waals surface area (Å²) in [6.07, 6.45) is 0. The van der Waals surface area contributed by atoms with E-state index in [0.717, 1.165) is 26.2 Å². The highest BCUT2D eigenvalue weighted by Crippen LogP contribution is 2.00. The van der Waals surface area contributed by atoms with Crippen molar-refractivity contribution in [2.24, 2.45) is 5.73 Å². The largest absolute Gasteiger partial charge is 0.339 e. The van der Waals surface area contributed by atoms with E-state index in [4.69, 9.17) is 5.73 Å².